The first-order valence-corrected chi connectivity index (χ1v) is 5.07. The number of likely N-dealkylation sites (tertiary alicyclic amines) is 1. The van der Waals surface area contributed by atoms with Crippen LogP contribution in [-0.2, 0) is 11.8 Å². The van der Waals surface area contributed by atoms with Gasteiger partial charge in [-0.1, -0.05) is 0 Å². The lowest BCUT2D eigenvalue weighted by atomic mass is 9.96. The number of carbonyl (C=O) groups is 1. The molecule has 1 fully saturated rings. The van der Waals surface area contributed by atoms with Crippen LogP contribution in [0.4, 0.5) is 0 Å². The minimum Gasteiger partial charge on any atom is -0.338 e. The lowest BCUT2D eigenvalue weighted by molar-refractivity contribution is -0.127. The molecule has 1 aromatic heterocycles. The van der Waals surface area contributed by atoms with E-state index in [1.165, 1.54) is 0 Å². The number of hydrogen-bond acceptors (Lipinski definition) is 3. The van der Waals surface area contributed by atoms with Crippen LogP contribution in [0.15, 0.2) is 12.4 Å². The molecule has 5 heteroatoms. The molecule has 82 valence electrons. The van der Waals surface area contributed by atoms with Crippen LogP contribution in [0.2, 0.25) is 0 Å². The molecule has 0 aliphatic carbocycles. The Morgan fingerprint density at radius 3 is 2.87 bits per heavy atom. The van der Waals surface area contributed by atoms with Gasteiger partial charge in [-0.25, -0.2) is 0 Å². The number of aryl methyl sites for hydroxylation is 1. The van der Waals surface area contributed by atoms with Crippen LogP contribution in [0.5, 0.6) is 0 Å². The average molecular weight is 208 g/mol. The second-order valence-corrected chi connectivity index (χ2v) is 4.10. The minimum absolute atomic E-state index is 0.0937. The highest BCUT2D eigenvalue weighted by Gasteiger charge is 2.38. The molecule has 2 atom stereocenters. The molecule has 0 radical (unpaired) electrons. The van der Waals surface area contributed by atoms with Crippen LogP contribution in [0.25, 0.3) is 0 Å². The maximum atomic E-state index is 11.6. The summed E-state index contributed by atoms with van der Waals surface area (Å²) in [6.45, 7) is 0.537. The second kappa shape index (κ2) is 3.66. The average Bonchev–Trinajstić information content (AvgIpc) is 2.73. The molecule has 1 saturated heterocycles. The van der Waals surface area contributed by atoms with Crippen LogP contribution < -0.4 is 5.73 Å². The van der Waals surface area contributed by atoms with Gasteiger partial charge in [-0.3, -0.25) is 9.48 Å². The molecule has 0 saturated carbocycles. The van der Waals surface area contributed by atoms with Gasteiger partial charge in [-0.05, 0) is 6.54 Å². The summed E-state index contributed by atoms with van der Waals surface area (Å²) in [6.07, 6.45) is 4.30. The van der Waals surface area contributed by atoms with Gasteiger partial charge < -0.3 is 10.6 Å². The van der Waals surface area contributed by atoms with Gasteiger partial charge in [0.05, 0.1) is 12.2 Å². The van der Waals surface area contributed by atoms with E-state index in [9.17, 15) is 4.79 Å². The zero-order valence-electron chi connectivity index (χ0n) is 9.05. The standard InChI is InChI=1S/C10H16N4O/c1-13-6-8(5-12-13)10-7(4-11)3-9(15)14(10)2/h5-7,10H,3-4,11H2,1-2H3/t7-,10+/m0/s1. The van der Waals surface area contributed by atoms with E-state index in [1.807, 2.05) is 26.5 Å². The van der Waals surface area contributed by atoms with Crippen LogP contribution in [0, 0.1) is 5.92 Å². The van der Waals surface area contributed by atoms with Gasteiger partial charge in [-0.15, -0.1) is 0 Å². The topological polar surface area (TPSA) is 64.2 Å². The number of carbonyl (C=O) groups excluding carboxylic acids is 1. The maximum Gasteiger partial charge on any atom is 0.223 e. The number of hydrogen-bond donors (Lipinski definition) is 1. The summed E-state index contributed by atoms with van der Waals surface area (Å²) in [7, 11) is 3.70. The Morgan fingerprint density at radius 1 is 1.60 bits per heavy atom. The van der Waals surface area contributed by atoms with Crippen molar-refractivity contribution in [1.29, 1.82) is 0 Å². The van der Waals surface area contributed by atoms with Gasteiger partial charge >= 0.3 is 0 Å². The summed E-state index contributed by atoms with van der Waals surface area (Å²) in [5, 5.41) is 4.13. The van der Waals surface area contributed by atoms with Gasteiger partial charge in [-0.2, -0.15) is 5.10 Å². The number of rotatable bonds is 2. The molecular formula is C10H16N4O. The molecular weight excluding hydrogens is 192 g/mol. The van der Waals surface area contributed by atoms with Crippen molar-refractivity contribution < 1.29 is 4.79 Å². The smallest absolute Gasteiger partial charge is 0.223 e. The first kappa shape index (κ1) is 10.2. The highest BCUT2D eigenvalue weighted by molar-refractivity contribution is 5.79. The summed E-state index contributed by atoms with van der Waals surface area (Å²) in [4.78, 5) is 13.3. The molecule has 2 heterocycles. The molecule has 0 aromatic carbocycles. The largest absolute Gasteiger partial charge is 0.338 e. The van der Waals surface area contributed by atoms with Gasteiger partial charge in [0.15, 0.2) is 0 Å². The Bertz CT molecular complexity index is 373. The van der Waals surface area contributed by atoms with Crippen molar-refractivity contribution in [3.05, 3.63) is 18.0 Å². The van der Waals surface area contributed by atoms with E-state index < -0.39 is 0 Å². The number of nitrogens with two attached hydrogens (primary N) is 1. The molecule has 1 aliphatic heterocycles. The Hall–Kier alpha value is -1.36. The van der Waals surface area contributed by atoms with E-state index in [0.29, 0.717) is 13.0 Å². The maximum absolute atomic E-state index is 11.6. The normalized spacial score (nSPS) is 26.3. The Balaban J connectivity index is 2.30. The third-order valence-corrected chi connectivity index (χ3v) is 3.06. The number of nitrogens with zero attached hydrogens (tertiary/aromatic N) is 3. The van der Waals surface area contributed by atoms with Crippen molar-refractivity contribution in [3.63, 3.8) is 0 Å². The number of aromatic nitrogens is 2. The van der Waals surface area contributed by atoms with E-state index >= 15 is 0 Å². The quantitative estimate of drug-likeness (QED) is 0.738. The molecule has 1 aromatic rings. The van der Waals surface area contributed by atoms with E-state index in [2.05, 4.69) is 5.10 Å². The zero-order chi connectivity index (χ0) is 11.0. The fourth-order valence-electron chi connectivity index (χ4n) is 2.25. The second-order valence-electron chi connectivity index (χ2n) is 4.10. The molecule has 0 unspecified atom stereocenters. The first-order chi connectivity index (χ1) is 7.13. The summed E-state index contributed by atoms with van der Waals surface area (Å²) in [5.74, 6) is 0.381. The Morgan fingerprint density at radius 2 is 2.33 bits per heavy atom. The van der Waals surface area contributed by atoms with Crippen molar-refractivity contribution in [3.8, 4) is 0 Å². The van der Waals surface area contributed by atoms with Crippen molar-refractivity contribution in [1.82, 2.24) is 14.7 Å². The Kier molecular flexibility index (Phi) is 2.48. The van der Waals surface area contributed by atoms with Crippen LogP contribution in [0.1, 0.15) is 18.0 Å². The fraction of sp³-hybridized carbons (Fsp3) is 0.600. The van der Waals surface area contributed by atoms with Gasteiger partial charge in [0.2, 0.25) is 5.91 Å². The van der Waals surface area contributed by atoms with E-state index in [0.717, 1.165) is 5.56 Å². The predicted molar refractivity (Wildman–Crippen MR) is 55.9 cm³/mol. The van der Waals surface area contributed by atoms with Crippen LogP contribution in [0.3, 0.4) is 0 Å². The van der Waals surface area contributed by atoms with Crippen molar-refractivity contribution in [2.24, 2.45) is 18.7 Å². The fourth-order valence-corrected chi connectivity index (χ4v) is 2.25. The lowest BCUT2D eigenvalue weighted by Gasteiger charge is -2.22. The highest BCUT2D eigenvalue weighted by atomic mass is 16.2. The molecule has 15 heavy (non-hydrogen) atoms. The Labute approximate surface area is 88.8 Å². The summed E-state index contributed by atoms with van der Waals surface area (Å²) < 4.78 is 1.75. The molecule has 1 amide bonds. The van der Waals surface area contributed by atoms with Crippen LogP contribution >= 0.6 is 0 Å². The summed E-state index contributed by atoms with van der Waals surface area (Å²) >= 11 is 0. The third-order valence-electron chi connectivity index (χ3n) is 3.06. The van der Waals surface area contributed by atoms with Gasteiger partial charge in [0, 0.05) is 38.2 Å². The van der Waals surface area contributed by atoms with E-state index in [1.54, 1.807) is 9.58 Å². The molecule has 2 rings (SSSR count). The highest BCUT2D eigenvalue weighted by Crippen LogP contribution is 2.35. The SMILES string of the molecule is CN1C(=O)C[C@@H](CN)[C@@H]1c1cnn(C)c1. The van der Waals surface area contributed by atoms with Crippen molar-refractivity contribution in [2.75, 3.05) is 13.6 Å². The summed E-state index contributed by atoms with van der Waals surface area (Å²) in [5.41, 5.74) is 6.76. The monoisotopic (exact) mass is 208 g/mol. The molecule has 1 aliphatic rings. The predicted octanol–water partition coefficient (Wildman–Crippen LogP) is -0.102. The first-order valence-electron chi connectivity index (χ1n) is 5.07. The molecule has 0 bridgehead atoms. The van der Waals surface area contributed by atoms with E-state index in [4.69, 9.17) is 5.73 Å². The van der Waals surface area contributed by atoms with E-state index in [-0.39, 0.29) is 17.9 Å². The lowest BCUT2D eigenvalue weighted by Crippen LogP contribution is -2.26. The van der Waals surface area contributed by atoms with Crippen molar-refractivity contribution in [2.45, 2.75) is 12.5 Å². The third kappa shape index (κ3) is 1.63. The molecule has 2 N–H and O–H groups in total. The molecule has 5 nitrogen and oxygen atoms in total. The minimum atomic E-state index is 0.0937. The van der Waals surface area contributed by atoms with Gasteiger partial charge in [0.25, 0.3) is 0 Å². The van der Waals surface area contributed by atoms with Crippen LogP contribution in [-0.4, -0.2) is 34.2 Å². The van der Waals surface area contributed by atoms with Gasteiger partial charge in [0.1, 0.15) is 0 Å². The van der Waals surface area contributed by atoms with Crippen molar-refractivity contribution >= 4 is 5.91 Å². The number of amides is 1. The molecule has 0 spiro atoms. The summed E-state index contributed by atoms with van der Waals surface area (Å²) in [6, 6.07) is 0.0937. The zero-order valence-corrected chi connectivity index (χ0v) is 9.05.